The molecule has 0 atom stereocenters. The van der Waals surface area contributed by atoms with Gasteiger partial charge in [-0.3, -0.25) is 14.6 Å². The normalized spacial score (nSPS) is 14.1. The third-order valence-corrected chi connectivity index (χ3v) is 6.76. The number of aromatic carboxylic acids is 1. The van der Waals surface area contributed by atoms with Gasteiger partial charge in [0.2, 0.25) is 5.78 Å². The number of piperidine rings is 1. The van der Waals surface area contributed by atoms with Crippen molar-refractivity contribution < 1.29 is 33.4 Å². The van der Waals surface area contributed by atoms with Gasteiger partial charge in [0.15, 0.2) is 11.6 Å². The zero-order valence-electron chi connectivity index (χ0n) is 21.3. The van der Waals surface area contributed by atoms with Crippen LogP contribution in [-0.4, -0.2) is 67.0 Å². The molecule has 1 fully saturated rings. The topological polar surface area (TPSA) is 118 Å². The van der Waals surface area contributed by atoms with Crippen LogP contribution in [0.25, 0.3) is 0 Å². The lowest BCUT2D eigenvalue weighted by atomic mass is 9.82. The van der Waals surface area contributed by atoms with E-state index in [0.29, 0.717) is 31.5 Å². The fourth-order valence-electron chi connectivity index (χ4n) is 4.75. The number of methoxy groups -OCH3 is 2. The molecule has 198 valence electrons. The van der Waals surface area contributed by atoms with Gasteiger partial charge in [-0.25, -0.2) is 9.18 Å². The Kier molecular flexibility index (Phi) is 8.02. The maximum atomic E-state index is 15.4. The molecule has 1 aliphatic heterocycles. The van der Waals surface area contributed by atoms with Gasteiger partial charge in [0, 0.05) is 23.5 Å². The van der Waals surface area contributed by atoms with Crippen LogP contribution in [0.1, 0.15) is 61.0 Å². The van der Waals surface area contributed by atoms with Gasteiger partial charge >= 0.3 is 5.97 Å². The number of likely N-dealkylation sites (tertiary alicyclic amines) is 1. The summed E-state index contributed by atoms with van der Waals surface area (Å²) in [6.07, 6.45) is 4.12. The lowest BCUT2D eigenvalue weighted by Gasteiger charge is -2.32. The molecule has 0 radical (unpaired) electrons. The van der Waals surface area contributed by atoms with Crippen molar-refractivity contribution >= 4 is 23.3 Å². The molecular weight excluding hydrogens is 493 g/mol. The summed E-state index contributed by atoms with van der Waals surface area (Å²) in [5, 5.41) is 12.8. The summed E-state index contributed by atoms with van der Waals surface area (Å²) in [5.41, 5.74) is 0.162. The Morgan fingerprint density at radius 1 is 0.974 bits per heavy atom. The van der Waals surface area contributed by atoms with E-state index in [9.17, 15) is 19.5 Å². The molecule has 0 bridgehead atoms. The summed E-state index contributed by atoms with van der Waals surface area (Å²) in [6.45, 7) is 1.41. The molecule has 9 nitrogen and oxygen atoms in total. The van der Waals surface area contributed by atoms with E-state index in [-0.39, 0.29) is 45.4 Å². The smallest absolute Gasteiger partial charge is 0.336 e. The molecule has 3 aromatic rings. The van der Waals surface area contributed by atoms with Crippen molar-refractivity contribution in [2.75, 3.05) is 39.7 Å². The average Bonchev–Trinajstić information content (AvgIpc) is 2.93. The second-order valence-corrected chi connectivity index (χ2v) is 9.01. The highest BCUT2D eigenvalue weighted by molar-refractivity contribution is 6.18. The van der Waals surface area contributed by atoms with Crippen molar-refractivity contribution in [1.82, 2.24) is 9.88 Å². The molecule has 1 aromatic heterocycles. The van der Waals surface area contributed by atoms with Crippen LogP contribution in [-0.2, 0) is 0 Å². The van der Waals surface area contributed by atoms with E-state index in [2.05, 4.69) is 15.2 Å². The maximum Gasteiger partial charge on any atom is 0.336 e. The second-order valence-electron chi connectivity index (χ2n) is 9.01. The van der Waals surface area contributed by atoms with E-state index in [4.69, 9.17) is 9.47 Å². The van der Waals surface area contributed by atoms with Gasteiger partial charge in [-0.2, -0.15) is 0 Å². The van der Waals surface area contributed by atoms with E-state index in [0.717, 1.165) is 0 Å². The summed E-state index contributed by atoms with van der Waals surface area (Å²) in [6, 6.07) is 8.37. The van der Waals surface area contributed by atoms with Crippen LogP contribution in [0.2, 0.25) is 0 Å². The first-order chi connectivity index (χ1) is 18.3. The first-order valence-electron chi connectivity index (χ1n) is 12.0. The highest BCUT2D eigenvalue weighted by Crippen LogP contribution is 2.40. The number of hydrogen-bond donors (Lipinski definition) is 2. The Labute approximate surface area is 219 Å². The molecule has 0 spiro atoms. The molecule has 0 unspecified atom stereocenters. The number of ketones is 1. The summed E-state index contributed by atoms with van der Waals surface area (Å²) >= 11 is 0. The van der Waals surface area contributed by atoms with Crippen LogP contribution in [0.15, 0.2) is 48.8 Å². The molecule has 2 N–H and O–H groups in total. The van der Waals surface area contributed by atoms with E-state index in [1.807, 2.05) is 7.05 Å². The fraction of sp³-hybridized carbons (Fsp3) is 0.286. The minimum absolute atomic E-state index is 0.0251. The number of nitrogens with zero attached hydrogens (tertiary/aromatic N) is 2. The van der Waals surface area contributed by atoms with Crippen molar-refractivity contribution in [3.63, 3.8) is 0 Å². The molecule has 2 aromatic carbocycles. The van der Waals surface area contributed by atoms with Crippen molar-refractivity contribution in [2.45, 2.75) is 18.8 Å². The van der Waals surface area contributed by atoms with Crippen LogP contribution in [0.5, 0.6) is 11.5 Å². The summed E-state index contributed by atoms with van der Waals surface area (Å²) in [4.78, 5) is 45.5. The quantitative estimate of drug-likeness (QED) is 0.423. The Morgan fingerprint density at radius 2 is 1.58 bits per heavy atom. The standard InChI is InChI=1S/C28H28FN3O6/c1-32-14-10-16(11-15-32)22-18(28(35)36)4-5-19(25(22)31-27(34)17-8-12-30-13-9-17)26(33)23-20(37-2)6-7-21(38-3)24(23)29/h4-9,12-13,16H,10-11,14-15H2,1-3H3,(H,31,34)(H,35,36). The Balaban J connectivity index is 1.95. The second kappa shape index (κ2) is 11.4. The fourth-order valence-corrected chi connectivity index (χ4v) is 4.75. The molecule has 1 aliphatic rings. The Hall–Kier alpha value is -4.31. The number of carboxylic acids is 1. The average molecular weight is 522 g/mol. The number of nitrogens with one attached hydrogen (secondary N) is 1. The van der Waals surface area contributed by atoms with Crippen LogP contribution in [0.3, 0.4) is 0 Å². The van der Waals surface area contributed by atoms with Gasteiger partial charge in [-0.1, -0.05) is 0 Å². The van der Waals surface area contributed by atoms with Crippen LogP contribution >= 0.6 is 0 Å². The van der Waals surface area contributed by atoms with Gasteiger partial charge in [0.25, 0.3) is 5.91 Å². The van der Waals surface area contributed by atoms with Gasteiger partial charge < -0.3 is 24.8 Å². The van der Waals surface area contributed by atoms with Gasteiger partial charge in [0.05, 0.1) is 25.5 Å². The number of rotatable bonds is 8. The third kappa shape index (κ3) is 5.21. The number of halogens is 1. The molecule has 0 saturated carbocycles. The number of aromatic nitrogens is 1. The first-order valence-corrected chi connectivity index (χ1v) is 12.0. The number of pyridine rings is 1. The van der Waals surface area contributed by atoms with E-state index in [1.165, 1.54) is 63.0 Å². The molecular formula is C28H28FN3O6. The number of amides is 1. The van der Waals surface area contributed by atoms with E-state index >= 15 is 4.39 Å². The summed E-state index contributed by atoms with van der Waals surface area (Å²) in [5.74, 6) is -3.90. The van der Waals surface area contributed by atoms with Gasteiger partial charge in [0.1, 0.15) is 11.3 Å². The number of carbonyl (C=O) groups excluding carboxylic acids is 2. The molecule has 2 heterocycles. The largest absolute Gasteiger partial charge is 0.496 e. The number of carbonyl (C=O) groups is 3. The minimum Gasteiger partial charge on any atom is -0.496 e. The lowest BCUT2D eigenvalue weighted by Crippen LogP contribution is -2.31. The van der Waals surface area contributed by atoms with E-state index < -0.39 is 23.5 Å². The zero-order valence-corrected chi connectivity index (χ0v) is 21.3. The van der Waals surface area contributed by atoms with Gasteiger partial charge in [-0.15, -0.1) is 0 Å². The molecule has 10 heteroatoms. The van der Waals surface area contributed by atoms with Crippen LogP contribution < -0.4 is 14.8 Å². The number of carboxylic acid groups (broad SMARTS) is 1. The van der Waals surface area contributed by atoms with Crippen molar-refractivity contribution in [2.24, 2.45) is 0 Å². The maximum absolute atomic E-state index is 15.4. The molecule has 0 aliphatic carbocycles. The van der Waals surface area contributed by atoms with Crippen molar-refractivity contribution in [3.8, 4) is 11.5 Å². The van der Waals surface area contributed by atoms with Gasteiger partial charge in [-0.05, 0) is 80.9 Å². The molecule has 38 heavy (non-hydrogen) atoms. The zero-order chi connectivity index (χ0) is 27.4. The van der Waals surface area contributed by atoms with E-state index in [1.54, 1.807) is 0 Å². The number of benzene rings is 2. The third-order valence-electron chi connectivity index (χ3n) is 6.76. The van der Waals surface area contributed by atoms with Crippen LogP contribution in [0.4, 0.5) is 10.1 Å². The van der Waals surface area contributed by atoms with Crippen molar-refractivity contribution in [3.05, 3.63) is 82.4 Å². The first kappa shape index (κ1) is 26.7. The molecule has 1 amide bonds. The van der Waals surface area contributed by atoms with Crippen molar-refractivity contribution in [1.29, 1.82) is 0 Å². The highest BCUT2D eigenvalue weighted by Gasteiger charge is 2.32. The highest BCUT2D eigenvalue weighted by atomic mass is 19.1. The number of anilines is 1. The summed E-state index contributed by atoms with van der Waals surface area (Å²) < 4.78 is 25.7. The number of ether oxygens (including phenoxy) is 2. The molecule has 4 rings (SSSR count). The Morgan fingerprint density at radius 3 is 2.18 bits per heavy atom. The SMILES string of the molecule is COc1ccc(OC)c(C(=O)c2ccc(C(=O)O)c(C3CCN(C)CC3)c2NC(=O)c2ccncc2)c1F. The summed E-state index contributed by atoms with van der Waals surface area (Å²) in [7, 11) is 4.55. The lowest BCUT2D eigenvalue weighted by molar-refractivity contribution is 0.0693. The predicted octanol–water partition coefficient (Wildman–Crippen LogP) is 4.23. The minimum atomic E-state index is -1.19. The van der Waals surface area contributed by atoms with Crippen LogP contribution in [0, 0.1) is 5.82 Å². The number of hydrogen-bond acceptors (Lipinski definition) is 7. The monoisotopic (exact) mass is 521 g/mol. The predicted molar refractivity (Wildman–Crippen MR) is 138 cm³/mol. The molecule has 1 saturated heterocycles. The Bertz CT molecular complexity index is 1370.